The number of carbonyl (C=O) groups excluding carboxylic acids is 1. The fourth-order valence-corrected chi connectivity index (χ4v) is 1.98. The summed E-state index contributed by atoms with van der Waals surface area (Å²) < 4.78 is 0. The van der Waals surface area contributed by atoms with Gasteiger partial charge in [-0.15, -0.1) is 0 Å². The predicted octanol–water partition coefficient (Wildman–Crippen LogP) is 0.228. The third kappa shape index (κ3) is 3.76. The maximum absolute atomic E-state index is 11.6. The third-order valence-electron chi connectivity index (χ3n) is 3.60. The molecule has 2 rings (SSSR count). The van der Waals surface area contributed by atoms with Gasteiger partial charge in [-0.2, -0.15) is 0 Å². The monoisotopic (exact) mass is 225 g/mol. The minimum absolute atomic E-state index is 0.145. The molecule has 3 unspecified atom stereocenters. The van der Waals surface area contributed by atoms with E-state index in [9.17, 15) is 4.79 Å². The van der Waals surface area contributed by atoms with Crippen molar-refractivity contribution in [3.05, 3.63) is 0 Å². The van der Waals surface area contributed by atoms with Crippen molar-refractivity contribution in [2.24, 2.45) is 17.6 Å². The zero-order valence-electron chi connectivity index (χ0n) is 10.0. The normalized spacial score (nSPS) is 29.9. The number of amides is 1. The van der Waals surface area contributed by atoms with Gasteiger partial charge in [0.05, 0.1) is 0 Å². The topological polar surface area (TPSA) is 67.1 Å². The lowest BCUT2D eigenvalue weighted by atomic mass is 10.2. The van der Waals surface area contributed by atoms with Crippen LogP contribution < -0.4 is 16.4 Å². The first-order valence-electron chi connectivity index (χ1n) is 6.42. The molecular formula is C12H23N3O. The summed E-state index contributed by atoms with van der Waals surface area (Å²) in [5.74, 6) is 1.81. The van der Waals surface area contributed by atoms with Crippen molar-refractivity contribution in [3.63, 3.8) is 0 Å². The maximum atomic E-state index is 11.6. The Morgan fingerprint density at radius 3 is 2.69 bits per heavy atom. The summed E-state index contributed by atoms with van der Waals surface area (Å²) in [4.78, 5) is 11.6. The van der Waals surface area contributed by atoms with Crippen molar-refractivity contribution in [3.8, 4) is 0 Å². The molecule has 0 aromatic heterocycles. The van der Waals surface area contributed by atoms with Crippen LogP contribution in [-0.2, 0) is 4.79 Å². The number of carbonyl (C=O) groups is 1. The van der Waals surface area contributed by atoms with Crippen molar-refractivity contribution in [2.75, 3.05) is 13.1 Å². The molecule has 0 aliphatic heterocycles. The summed E-state index contributed by atoms with van der Waals surface area (Å²) in [6, 6.07) is 0.598. The van der Waals surface area contributed by atoms with Gasteiger partial charge in [0.15, 0.2) is 0 Å². The van der Waals surface area contributed by atoms with Crippen LogP contribution in [0.15, 0.2) is 0 Å². The molecule has 0 radical (unpaired) electrons. The van der Waals surface area contributed by atoms with Crippen LogP contribution in [0.4, 0.5) is 0 Å². The Morgan fingerprint density at radius 1 is 1.50 bits per heavy atom. The van der Waals surface area contributed by atoms with Crippen molar-refractivity contribution in [2.45, 2.75) is 44.7 Å². The number of rotatable bonds is 7. The molecule has 2 aliphatic carbocycles. The Kier molecular flexibility index (Phi) is 3.82. The van der Waals surface area contributed by atoms with Crippen LogP contribution in [0.5, 0.6) is 0 Å². The summed E-state index contributed by atoms with van der Waals surface area (Å²) in [5.41, 5.74) is 5.67. The number of nitrogens with two attached hydrogens (primary N) is 1. The van der Waals surface area contributed by atoms with Gasteiger partial charge in [0.1, 0.15) is 0 Å². The van der Waals surface area contributed by atoms with Gasteiger partial charge in [-0.1, -0.05) is 6.92 Å². The van der Waals surface area contributed by atoms with Crippen molar-refractivity contribution in [1.82, 2.24) is 10.6 Å². The smallest absolute Gasteiger partial charge is 0.221 e. The molecule has 0 saturated heterocycles. The second-order valence-corrected chi connectivity index (χ2v) is 5.36. The second kappa shape index (κ2) is 5.15. The average Bonchev–Trinajstić information content (AvgIpc) is 3.13. The van der Waals surface area contributed by atoms with E-state index in [-0.39, 0.29) is 11.9 Å². The maximum Gasteiger partial charge on any atom is 0.221 e. The fourth-order valence-electron chi connectivity index (χ4n) is 1.98. The lowest BCUT2D eigenvalue weighted by Crippen LogP contribution is -2.42. The lowest BCUT2D eigenvalue weighted by Gasteiger charge is -2.16. The molecule has 2 aliphatic rings. The molecule has 3 atom stereocenters. The van der Waals surface area contributed by atoms with Crippen LogP contribution in [0.1, 0.15) is 32.6 Å². The summed E-state index contributed by atoms with van der Waals surface area (Å²) in [5, 5.41) is 6.40. The van der Waals surface area contributed by atoms with Gasteiger partial charge in [0.25, 0.3) is 0 Å². The molecule has 0 bridgehead atoms. The Morgan fingerprint density at radius 2 is 2.19 bits per heavy atom. The minimum atomic E-state index is 0.145. The van der Waals surface area contributed by atoms with E-state index in [1.807, 2.05) is 0 Å². The van der Waals surface area contributed by atoms with Gasteiger partial charge in [-0.3, -0.25) is 4.79 Å². The van der Waals surface area contributed by atoms with E-state index in [4.69, 9.17) is 5.73 Å². The summed E-state index contributed by atoms with van der Waals surface area (Å²) >= 11 is 0. The summed E-state index contributed by atoms with van der Waals surface area (Å²) in [6.07, 6.45) is 4.13. The quantitative estimate of drug-likeness (QED) is 0.581. The first kappa shape index (κ1) is 11.9. The zero-order chi connectivity index (χ0) is 11.5. The Labute approximate surface area is 97.3 Å². The number of hydrogen-bond acceptors (Lipinski definition) is 3. The molecule has 0 aromatic carbocycles. The van der Waals surface area contributed by atoms with Crippen LogP contribution in [0.25, 0.3) is 0 Å². The Balaban J connectivity index is 1.61. The van der Waals surface area contributed by atoms with Crippen molar-refractivity contribution >= 4 is 5.91 Å². The van der Waals surface area contributed by atoms with E-state index in [2.05, 4.69) is 17.6 Å². The van der Waals surface area contributed by atoms with E-state index in [1.165, 1.54) is 6.42 Å². The molecule has 4 heteroatoms. The molecular weight excluding hydrogens is 202 g/mol. The SMILES string of the molecule is CC1CC1CNC(CN)CC(=O)NC1CC1. The summed E-state index contributed by atoms with van der Waals surface area (Å²) in [6.45, 7) is 3.82. The van der Waals surface area contributed by atoms with Crippen LogP contribution >= 0.6 is 0 Å². The minimum Gasteiger partial charge on any atom is -0.353 e. The highest BCUT2D eigenvalue weighted by Crippen LogP contribution is 2.36. The second-order valence-electron chi connectivity index (χ2n) is 5.36. The van der Waals surface area contributed by atoms with Gasteiger partial charge in [0, 0.05) is 25.0 Å². The van der Waals surface area contributed by atoms with Gasteiger partial charge in [0.2, 0.25) is 5.91 Å². The Hall–Kier alpha value is -0.610. The molecule has 1 amide bonds. The molecule has 4 N–H and O–H groups in total. The third-order valence-corrected chi connectivity index (χ3v) is 3.60. The molecule has 0 heterocycles. The van der Waals surface area contributed by atoms with Crippen molar-refractivity contribution in [1.29, 1.82) is 0 Å². The molecule has 2 fully saturated rings. The first-order chi connectivity index (χ1) is 7.69. The molecule has 2 saturated carbocycles. The van der Waals surface area contributed by atoms with E-state index in [0.29, 0.717) is 19.0 Å². The molecule has 16 heavy (non-hydrogen) atoms. The average molecular weight is 225 g/mol. The van der Waals surface area contributed by atoms with Crippen LogP contribution in [0.2, 0.25) is 0 Å². The van der Waals surface area contributed by atoms with Gasteiger partial charge < -0.3 is 16.4 Å². The fraction of sp³-hybridized carbons (Fsp3) is 0.917. The highest BCUT2D eigenvalue weighted by Gasteiger charge is 2.32. The van der Waals surface area contributed by atoms with Crippen LogP contribution in [-0.4, -0.2) is 31.1 Å². The van der Waals surface area contributed by atoms with Gasteiger partial charge >= 0.3 is 0 Å². The molecule has 0 spiro atoms. The number of hydrogen-bond donors (Lipinski definition) is 3. The van der Waals surface area contributed by atoms with Gasteiger partial charge in [-0.25, -0.2) is 0 Å². The standard InChI is InChI=1S/C12H23N3O/c1-8-4-9(8)7-14-11(6-13)5-12(16)15-10-2-3-10/h8-11,14H,2-7,13H2,1H3,(H,15,16). The van der Waals surface area contributed by atoms with E-state index < -0.39 is 0 Å². The predicted molar refractivity (Wildman–Crippen MR) is 63.9 cm³/mol. The molecule has 0 aromatic rings. The Bertz CT molecular complexity index is 253. The molecule has 4 nitrogen and oxygen atoms in total. The van der Waals surface area contributed by atoms with E-state index in [0.717, 1.165) is 31.2 Å². The van der Waals surface area contributed by atoms with E-state index in [1.54, 1.807) is 0 Å². The first-order valence-corrected chi connectivity index (χ1v) is 6.42. The van der Waals surface area contributed by atoms with Gasteiger partial charge in [-0.05, 0) is 37.6 Å². The van der Waals surface area contributed by atoms with Crippen molar-refractivity contribution < 1.29 is 4.79 Å². The lowest BCUT2D eigenvalue weighted by molar-refractivity contribution is -0.121. The highest BCUT2D eigenvalue weighted by atomic mass is 16.1. The van der Waals surface area contributed by atoms with Crippen LogP contribution in [0, 0.1) is 11.8 Å². The largest absolute Gasteiger partial charge is 0.353 e. The molecule has 92 valence electrons. The summed E-state index contributed by atoms with van der Waals surface area (Å²) in [7, 11) is 0. The number of nitrogens with one attached hydrogen (secondary N) is 2. The highest BCUT2D eigenvalue weighted by molar-refractivity contribution is 5.77. The van der Waals surface area contributed by atoms with Crippen LogP contribution in [0.3, 0.4) is 0 Å². The van der Waals surface area contributed by atoms with E-state index >= 15 is 0 Å². The zero-order valence-corrected chi connectivity index (χ0v) is 10.0.